The van der Waals surface area contributed by atoms with Crippen LogP contribution >= 0.6 is 0 Å². The molecular formula is C16H19NO2. The van der Waals surface area contributed by atoms with E-state index in [4.69, 9.17) is 0 Å². The summed E-state index contributed by atoms with van der Waals surface area (Å²) >= 11 is 0. The van der Waals surface area contributed by atoms with Crippen molar-refractivity contribution in [3.8, 4) is 5.75 Å². The van der Waals surface area contributed by atoms with Gasteiger partial charge in [0, 0.05) is 11.9 Å². The summed E-state index contributed by atoms with van der Waals surface area (Å²) in [5, 5.41) is 14.7. The molecule has 0 aliphatic heterocycles. The van der Waals surface area contributed by atoms with Crippen molar-refractivity contribution in [1.82, 2.24) is 5.32 Å². The zero-order chi connectivity index (χ0) is 13.8. The van der Waals surface area contributed by atoms with E-state index in [-0.39, 0.29) is 11.7 Å². The zero-order valence-corrected chi connectivity index (χ0v) is 11.3. The van der Waals surface area contributed by atoms with E-state index in [9.17, 15) is 9.90 Å². The fraction of sp³-hybridized carbons (Fsp3) is 0.312. The van der Waals surface area contributed by atoms with Gasteiger partial charge in [0.15, 0.2) is 0 Å². The summed E-state index contributed by atoms with van der Waals surface area (Å²) in [5.74, 6) is 0.273. The Bertz CT molecular complexity index is 592. The van der Waals surface area contributed by atoms with E-state index in [1.54, 1.807) is 6.07 Å². The Balaban J connectivity index is 2.25. The van der Waals surface area contributed by atoms with Crippen molar-refractivity contribution >= 4 is 16.7 Å². The molecule has 0 radical (unpaired) electrons. The molecule has 0 fully saturated rings. The molecule has 19 heavy (non-hydrogen) atoms. The molecule has 0 heterocycles. The normalized spacial score (nSPS) is 12.3. The first-order chi connectivity index (χ1) is 9.13. The lowest BCUT2D eigenvalue weighted by molar-refractivity contribution is 0.0945. The molecule has 0 saturated heterocycles. The summed E-state index contributed by atoms with van der Waals surface area (Å²) in [4.78, 5) is 12.1. The number of phenolic OH excluding ortho intramolecular Hbond substituents is 1. The Kier molecular flexibility index (Phi) is 4.05. The molecule has 1 atom stereocenters. The number of phenols is 1. The molecular weight excluding hydrogens is 238 g/mol. The summed E-state index contributed by atoms with van der Waals surface area (Å²) in [6.45, 7) is 4.80. The first-order valence-corrected chi connectivity index (χ1v) is 6.62. The Hall–Kier alpha value is -2.03. The maximum absolute atomic E-state index is 12.1. The van der Waals surface area contributed by atoms with Crippen molar-refractivity contribution in [2.24, 2.45) is 5.92 Å². The molecule has 3 heteroatoms. The number of carbonyl (C=O) groups excluding carboxylic acids is 1. The van der Waals surface area contributed by atoms with Crippen LogP contribution in [-0.2, 0) is 0 Å². The van der Waals surface area contributed by atoms with E-state index in [2.05, 4.69) is 19.2 Å². The summed E-state index contributed by atoms with van der Waals surface area (Å²) in [6, 6.07) is 11.0. The number of hydrogen-bond donors (Lipinski definition) is 2. The van der Waals surface area contributed by atoms with Gasteiger partial charge in [-0.15, -0.1) is 0 Å². The quantitative estimate of drug-likeness (QED) is 0.882. The maximum atomic E-state index is 12.1. The van der Waals surface area contributed by atoms with Gasteiger partial charge in [-0.05, 0) is 17.4 Å². The van der Waals surface area contributed by atoms with Gasteiger partial charge in [0.05, 0.1) is 5.56 Å². The van der Waals surface area contributed by atoms with Crippen LogP contribution in [0.25, 0.3) is 10.8 Å². The van der Waals surface area contributed by atoms with Gasteiger partial charge in [-0.3, -0.25) is 4.79 Å². The molecule has 2 aromatic carbocycles. The summed E-state index contributed by atoms with van der Waals surface area (Å²) in [7, 11) is 0. The predicted molar refractivity (Wildman–Crippen MR) is 77.4 cm³/mol. The van der Waals surface area contributed by atoms with E-state index >= 15 is 0 Å². The molecule has 2 N–H and O–H groups in total. The zero-order valence-electron chi connectivity index (χ0n) is 11.3. The summed E-state index contributed by atoms with van der Waals surface area (Å²) in [5.41, 5.74) is 0.335. The average molecular weight is 257 g/mol. The smallest absolute Gasteiger partial charge is 0.255 e. The molecule has 0 aromatic heterocycles. The third kappa shape index (κ3) is 2.87. The van der Waals surface area contributed by atoms with Crippen molar-refractivity contribution in [3.05, 3.63) is 42.0 Å². The van der Waals surface area contributed by atoms with Crippen LogP contribution in [0.4, 0.5) is 0 Å². The first-order valence-electron chi connectivity index (χ1n) is 6.62. The fourth-order valence-electron chi connectivity index (χ4n) is 1.94. The highest BCUT2D eigenvalue weighted by Gasteiger charge is 2.13. The van der Waals surface area contributed by atoms with Crippen molar-refractivity contribution in [2.45, 2.75) is 20.3 Å². The molecule has 0 spiro atoms. The van der Waals surface area contributed by atoms with Crippen LogP contribution in [0.5, 0.6) is 5.75 Å². The Morgan fingerprint density at radius 3 is 2.74 bits per heavy atom. The molecule has 2 aromatic rings. The fourth-order valence-corrected chi connectivity index (χ4v) is 1.94. The van der Waals surface area contributed by atoms with E-state index in [1.165, 1.54) is 0 Å². The highest BCUT2D eigenvalue weighted by molar-refractivity contribution is 6.03. The van der Waals surface area contributed by atoms with Crippen molar-refractivity contribution in [3.63, 3.8) is 0 Å². The van der Waals surface area contributed by atoms with Crippen molar-refractivity contribution < 1.29 is 9.90 Å². The van der Waals surface area contributed by atoms with Crippen molar-refractivity contribution in [1.29, 1.82) is 0 Å². The van der Waals surface area contributed by atoms with Gasteiger partial charge in [-0.25, -0.2) is 0 Å². The third-order valence-corrected chi connectivity index (χ3v) is 3.45. The van der Waals surface area contributed by atoms with Gasteiger partial charge in [0.1, 0.15) is 5.75 Å². The Labute approximate surface area is 113 Å². The van der Waals surface area contributed by atoms with Gasteiger partial charge in [0.25, 0.3) is 5.91 Å². The molecule has 1 amide bonds. The summed E-state index contributed by atoms with van der Waals surface area (Å²) < 4.78 is 0. The molecule has 0 aliphatic carbocycles. The second-order valence-corrected chi connectivity index (χ2v) is 4.91. The lowest BCUT2D eigenvalue weighted by atomic mass is 10.0. The number of nitrogens with one attached hydrogen (secondary N) is 1. The number of amides is 1. The number of hydrogen-bond acceptors (Lipinski definition) is 2. The number of benzene rings is 2. The second kappa shape index (κ2) is 5.74. The molecule has 3 nitrogen and oxygen atoms in total. The second-order valence-electron chi connectivity index (χ2n) is 4.91. The highest BCUT2D eigenvalue weighted by Crippen LogP contribution is 2.28. The van der Waals surface area contributed by atoms with E-state index in [0.29, 0.717) is 23.4 Å². The van der Waals surface area contributed by atoms with E-state index in [1.807, 2.05) is 30.3 Å². The van der Waals surface area contributed by atoms with Gasteiger partial charge in [-0.2, -0.15) is 0 Å². The minimum Gasteiger partial charge on any atom is -0.506 e. The van der Waals surface area contributed by atoms with E-state index < -0.39 is 0 Å². The average Bonchev–Trinajstić information content (AvgIpc) is 2.45. The SMILES string of the molecule is CCC(C)CNC(=O)c1ccc2ccccc2c1O. The molecule has 0 aliphatic rings. The monoisotopic (exact) mass is 257 g/mol. The predicted octanol–water partition coefficient (Wildman–Crippen LogP) is 3.32. The maximum Gasteiger partial charge on any atom is 0.255 e. The van der Waals surface area contributed by atoms with Gasteiger partial charge in [-0.1, -0.05) is 50.6 Å². The topological polar surface area (TPSA) is 49.3 Å². The number of rotatable bonds is 4. The van der Waals surface area contributed by atoms with Gasteiger partial charge < -0.3 is 10.4 Å². The summed E-state index contributed by atoms with van der Waals surface area (Å²) in [6.07, 6.45) is 1.02. The van der Waals surface area contributed by atoms with E-state index in [0.717, 1.165) is 11.8 Å². The number of fused-ring (bicyclic) bond motifs is 1. The lowest BCUT2D eigenvalue weighted by Gasteiger charge is -2.12. The minimum atomic E-state index is -0.219. The molecule has 0 saturated carbocycles. The van der Waals surface area contributed by atoms with Crippen LogP contribution in [0.2, 0.25) is 0 Å². The Morgan fingerprint density at radius 2 is 2.00 bits per heavy atom. The van der Waals surface area contributed by atoms with Crippen LogP contribution in [-0.4, -0.2) is 17.6 Å². The molecule has 2 rings (SSSR count). The molecule has 0 bridgehead atoms. The minimum absolute atomic E-state index is 0.0553. The van der Waals surface area contributed by atoms with Crippen molar-refractivity contribution in [2.75, 3.05) is 6.54 Å². The first kappa shape index (κ1) is 13.4. The number of aromatic hydroxyl groups is 1. The van der Waals surface area contributed by atoms with Gasteiger partial charge in [0.2, 0.25) is 0 Å². The van der Waals surface area contributed by atoms with Crippen LogP contribution in [0.15, 0.2) is 36.4 Å². The standard InChI is InChI=1S/C16H19NO2/c1-3-11(2)10-17-16(19)14-9-8-12-6-4-5-7-13(12)15(14)18/h4-9,11,18H,3,10H2,1-2H3,(H,17,19). The molecule has 100 valence electrons. The van der Waals surface area contributed by atoms with Crippen LogP contribution in [0, 0.1) is 5.92 Å². The third-order valence-electron chi connectivity index (χ3n) is 3.45. The van der Waals surface area contributed by atoms with Gasteiger partial charge >= 0.3 is 0 Å². The number of carbonyl (C=O) groups is 1. The van der Waals surface area contributed by atoms with Crippen LogP contribution in [0.3, 0.4) is 0 Å². The molecule has 1 unspecified atom stereocenters. The van der Waals surface area contributed by atoms with Crippen LogP contribution < -0.4 is 5.32 Å². The Morgan fingerprint density at radius 1 is 1.26 bits per heavy atom. The highest BCUT2D eigenvalue weighted by atomic mass is 16.3. The van der Waals surface area contributed by atoms with Crippen LogP contribution in [0.1, 0.15) is 30.6 Å². The lowest BCUT2D eigenvalue weighted by Crippen LogP contribution is -2.28. The largest absolute Gasteiger partial charge is 0.506 e.